The topological polar surface area (TPSA) is 135 Å². The molecule has 1 aromatic rings. The fourth-order valence-corrected chi connectivity index (χ4v) is 20.6. The number of aliphatic hydroxyl groups is 5. The zero-order chi connectivity index (χ0) is 53.7. The van der Waals surface area contributed by atoms with Crippen LogP contribution in [0.2, 0.25) is 0 Å². The number of rotatable bonds is 12. The number of hydrogen-bond donors (Lipinski definition) is 5. The molecule has 6 fully saturated rings. The number of aliphatic hydroxyl groups excluding tert-OH is 3. The van der Waals surface area contributed by atoms with Crippen molar-refractivity contribution in [2.24, 2.45) is 92.7 Å². The van der Waals surface area contributed by atoms with Gasteiger partial charge in [0.25, 0.3) is 0 Å². The van der Waals surface area contributed by atoms with Gasteiger partial charge in [0.05, 0.1) is 33.6 Å². The minimum absolute atomic E-state index is 0. The molecule has 8 aliphatic rings. The number of sulfone groups is 1. The van der Waals surface area contributed by atoms with Gasteiger partial charge < -0.3 is 28.4 Å². The molecule has 9 heteroatoms. The quantitative estimate of drug-likeness (QED) is 0.104. The number of fused-ring (bicyclic) bond motifs is 10. The molecule has 0 bridgehead atoms. The van der Waals surface area contributed by atoms with Crippen molar-refractivity contribution in [1.29, 1.82) is 0 Å². The van der Waals surface area contributed by atoms with Gasteiger partial charge in [-0.1, -0.05) is 125 Å². The summed E-state index contributed by atoms with van der Waals surface area (Å²) >= 11 is 0. The molecule has 0 aliphatic heterocycles. The largest absolute Gasteiger partial charge is 2.00 e. The van der Waals surface area contributed by atoms with E-state index in [1.54, 1.807) is 29.8 Å². The van der Waals surface area contributed by atoms with Crippen LogP contribution in [0.1, 0.15) is 221 Å². The molecule has 0 aromatic heterocycles. The van der Waals surface area contributed by atoms with Gasteiger partial charge in [-0.15, -0.1) is 0 Å². The Kier molecular flexibility index (Phi) is 20.3. The van der Waals surface area contributed by atoms with E-state index in [9.17, 15) is 28.8 Å². The molecule has 7 nitrogen and oxygen atoms in total. The molecule has 0 heterocycles. The molecule has 0 radical (unpaired) electrons. The van der Waals surface area contributed by atoms with Crippen LogP contribution in [-0.2, 0) is 9.84 Å². The maximum atomic E-state index is 14.2. The smallest absolute Gasteiger partial charge is 1.00 e. The summed E-state index contributed by atoms with van der Waals surface area (Å²) in [5.74, 6) is 7.85. The van der Waals surface area contributed by atoms with Crippen molar-refractivity contribution in [2.45, 2.75) is 251 Å². The number of benzene rings is 1. The normalized spacial score (nSPS) is 39.5. The fourth-order valence-electron chi connectivity index (χ4n) is 18.5. The van der Waals surface area contributed by atoms with Gasteiger partial charge in [-0.2, -0.15) is 0 Å². The first-order valence-electron chi connectivity index (χ1n) is 30.1. The monoisotopic (exact) mass is 1060 g/mol. The molecule has 19 atom stereocenters. The Labute approximate surface area is 471 Å². The van der Waals surface area contributed by atoms with E-state index in [0.29, 0.717) is 45.8 Å². The van der Waals surface area contributed by atoms with Crippen molar-refractivity contribution >= 4 is 32.9 Å². The minimum atomic E-state index is -3.60. The van der Waals surface area contributed by atoms with Gasteiger partial charge in [-0.25, -0.2) is 8.42 Å². The standard InChI is InChI=1S/C35H54O4S.C29H50O2.CH4O.Mg.2H/c1-7-35(37)20-18-26-24(22-35)13-14-28-27(26)17-19-34(6)29(15-16-30(28)34)23(2)31(21-32(36)33(3,4)5)40(38,39)25-11-9-8-10-12-25;1-7-29(31)17-15-21-20(18-29)9-10-23-22(21)14-16-28(6)24(11-12-25(23)28)19(2)8-13-26(30)27(3,4)5;1-2;;;/h8-13,23,26-32,36-37H,7,14-22H2,1-6H3;9,19,21-26,30-31H,7-8,10-18H2,1-6H3;2H,1H3;;;/q;;;+2;2*-1/t23-,26-,27+,28+,29+,30-,31?,32?,34+,35-;19-,21+,22-,23-,24-,25+,26?,28-,29+;;;;/m01..../s1. The average Bonchev–Trinajstić information content (AvgIpc) is 3.91. The van der Waals surface area contributed by atoms with E-state index in [0.717, 1.165) is 107 Å². The van der Waals surface area contributed by atoms with E-state index < -0.39 is 32.4 Å². The predicted molar refractivity (Wildman–Crippen MR) is 308 cm³/mol. The Balaban J connectivity index is 0.000000315. The van der Waals surface area contributed by atoms with E-state index in [1.165, 1.54) is 63.4 Å². The Bertz CT molecular complexity index is 2180. The van der Waals surface area contributed by atoms with Crippen LogP contribution in [0.15, 0.2) is 58.5 Å². The zero-order valence-corrected chi connectivity index (χ0v) is 51.4. The average molecular weight is 1060 g/mol. The summed E-state index contributed by atoms with van der Waals surface area (Å²) in [7, 11) is -2.60. The second-order valence-electron chi connectivity index (χ2n) is 29.0. The number of allylic oxidation sites excluding steroid dienone is 2. The molecule has 0 spiro atoms. The summed E-state index contributed by atoms with van der Waals surface area (Å²) in [6, 6.07) is 8.92. The summed E-state index contributed by atoms with van der Waals surface area (Å²) in [5.41, 5.74) is 2.44. The van der Waals surface area contributed by atoms with E-state index in [-0.39, 0.29) is 60.6 Å². The summed E-state index contributed by atoms with van der Waals surface area (Å²) in [5, 5.41) is 50.0. The molecular weight excluding hydrogens is 949 g/mol. The summed E-state index contributed by atoms with van der Waals surface area (Å²) in [6.07, 6.45) is 27.0. The van der Waals surface area contributed by atoms with Crippen molar-refractivity contribution in [2.75, 3.05) is 7.11 Å². The van der Waals surface area contributed by atoms with Crippen LogP contribution in [0.3, 0.4) is 0 Å². The summed E-state index contributed by atoms with van der Waals surface area (Å²) < 4.78 is 28.4. The van der Waals surface area contributed by atoms with Crippen LogP contribution >= 0.6 is 0 Å². The molecule has 9 rings (SSSR count). The summed E-state index contributed by atoms with van der Waals surface area (Å²) in [6.45, 7) is 26.5. The molecule has 420 valence electrons. The van der Waals surface area contributed by atoms with Crippen molar-refractivity contribution in [3.8, 4) is 0 Å². The molecule has 74 heavy (non-hydrogen) atoms. The van der Waals surface area contributed by atoms with Crippen LogP contribution in [0.25, 0.3) is 0 Å². The fraction of sp³-hybridized carbons (Fsp3) is 0.846. The third-order valence-electron chi connectivity index (χ3n) is 23.4. The first-order valence-corrected chi connectivity index (χ1v) is 31.7. The van der Waals surface area contributed by atoms with E-state index in [2.05, 4.69) is 74.5 Å². The van der Waals surface area contributed by atoms with Crippen LogP contribution in [0.4, 0.5) is 0 Å². The molecule has 5 N–H and O–H groups in total. The Morgan fingerprint density at radius 1 is 0.622 bits per heavy atom. The molecular formula is C65H110MgO7S. The Morgan fingerprint density at radius 3 is 1.51 bits per heavy atom. The predicted octanol–water partition coefficient (Wildman–Crippen LogP) is 14.2. The SMILES string of the molecule is CC[C@]1(O)CC[C@H]2C(=CC[C@@H]3[C@@H]2CC[C@]2(C)[C@@H]([C@H](C)C(CC(O)C(C)(C)C)S(=O)(=O)c4ccccc4)CC[C@@H]32)C1.CC[C@]1(O)CC[C@H]2C(=CC[C@@H]3[C@@H]2CC[C@]2(C)[C@@H]([C@H](C)CCC(O)C(C)(C)C)CC[C@@H]32)C1.CO.[H-].[H-].[Mg+2]. The molecule has 0 amide bonds. The molecule has 8 aliphatic carbocycles. The van der Waals surface area contributed by atoms with Crippen molar-refractivity contribution in [1.82, 2.24) is 0 Å². The summed E-state index contributed by atoms with van der Waals surface area (Å²) in [4.78, 5) is 0.380. The first-order chi connectivity index (χ1) is 34.2. The van der Waals surface area contributed by atoms with Gasteiger partial charge in [0.15, 0.2) is 9.84 Å². The Hall–Kier alpha value is -0.784. The van der Waals surface area contributed by atoms with Crippen molar-refractivity contribution in [3.63, 3.8) is 0 Å². The van der Waals surface area contributed by atoms with Gasteiger partial charge in [-0.05, 0) is 240 Å². The minimum Gasteiger partial charge on any atom is -1.00 e. The Morgan fingerprint density at radius 2 is 1.07 bits per heavy atom. The second-order valence-corrected chi connectivity index (χ2v) is 31.1. The van der Waals surface area contributed by atoms with Gasteiger partial charge in [0, 0.05) is 7.11 Å². The van der Waals surface area contributed by atoms with Crippen LogP contribution in [0.5, 0.6) is 0 Å². The van der Waals surface area contributed by atoms with Gasteiger partial charge in [0.2, 0.25) is 0 Å². The third kappa shape index (κ3) is 12.4. The van der Waals surface area contributed by atoms with Gasteiger partial charge in [0.1, 0.15) is 0 Å². The maximum Gasteiger partial charge on any atom is 2.00 e. The van der Waals surface area contributed by atoms with Crippen LogP contribution in [0, 0.1) is 92.7 Å². The van der Waals surface area contributed by atoms with Crippen molar-refractivity contribution in [3.05, 3.63) is 53.6 Å². The molecule has 1 aromatic carbocycles. The zero-order valence-electron chi connectivity index (χ0n) is 51.2. The van der Waals surface area contributed by atoms with Gasteiger partial charge in [-0.3, -0.25) is 0 Å². The third-order valence-corrected chi connectivity index (χ3v) is 25.7. The number of hydrogen-bond acceptors (Lipinski definition) is 7. The molecule has 6 saturated carbocycles. The first kappa shape index (κ1) is 62.4. The van der Waals surface area contributed by atoms with Crippen molar-refractivity contribution < 1.29 is 36.8 Å². The van der Waals surface area contributed by atoms with E-state index in [1.807, 2.05) is 26.8 Å². The molecule has 0 saturated heterocycles. The maximum absolute atomic E-state index is 14.2. The second kappa shape index (κ2) is 24.1. The van der Waals surface area contributed by atoms with E-state index in [4.69, 9.17) is 5.11 Å². The van der Waals surface area contributed by atoms with E-state index >= 15 is 0 Å². The van der Waals surface area contributed by atoms with Gasteiger partial charge >= 0.3 is 23.1 Å². The molecule has 3 unspecified atom stereocenters. The van der Waals surface area contributed by atoms with Crippen LogP contribution < -0.4 is 0 Å². The van der Waals surface area contributed by atoms with Crippen LogP contribution in [-0.4, -0.2) is 92.8 Å².